The largest absolute Gasteiger partial charge is 0.347 e. The van der Waals surface area contributed by atoms with Crippen LogP contribution in [0.2, 0.25) is 0 Å². The summed E-state index contributed by atoms with van der Waals surface area (Å²) in [4.78, 5) is 42.1. The predicted molar refractivity (Wildman–Crippen MR) is 125 cm³/mol. The van der Waals surface area contributed by atoms with Crippen molar-refractivity contribution in [2.75, 3.05) is 26.2 Å². The summed E-state index contributed by atoms with van der Waals surface area (Å²) in [5.74, 6) is -0.124. The number of carbonyl (C=O) groups excluding carboxylic acids is 3. The van der Waals surface area contributed by atoms with E-state index in [9.17, 15) is 14.4 Å². The summed E-state index contributed by atoms with van der Waals surface area (Å²) >= 11 is 1.40. The first kappa shape index (κ1) is 21.8. The Bertz CT molecular complexity index is 1070. The van der Waals surface area contributed by atoms with Crippen molar-refractivity contribution in [2.24, 2.45) is 0 Å². The first-order valence-electron chi connectivity index (χ1n) is 10.7. The lowest BCUT2D eigenvalue weighted by Crippen LogP contribution is -2.37. The molecule has 0 aliphatic carbocycles. The molecule has 6 nitrogen and oxygen atoms in total. The maximum Gasteiger partial charge on any atom is 0.261 e. The van der Waals surface area contributed by atoms with Crippen LogP contribution in [-0.2, 0) is 6.54 Å². The number of amides is 3. The van der Waals surface area contributed by atoms with E-state index < -0.39 is 0 Å². The molecule has 0 unspecified atom stereocenters. The summed E-state index contributed by atoms with van der Waals surface area (Å²) in [6.45, 7) is 2.70. The fourth-order valence-corrected chi connectivity index (χ4v) is 4.35. The zero-order valence-electron chi connectivity index (χ0n) is 17.7. The molecule has 32 heavy (non-hydrogen) atoms. The van der Waals surface area contributed by atoms with Crippen LogP contribution in [0, 0.1) is 0 Å². The molecule has 1 aliphatic heterocycles. The van der Waals surface area contributed by atoms with Crippen LogP contribution in [-0.4, -0.2) is 53.7 Å². The van der Waals surface area contributed by atoms with Crippen molar-refractivity contribution >= 4 is 29.1 Å². The molecule has 1 saturated heterocycles. The van der Waals surface area contributed by atoms with Crippen LogP contribution < -0.4 is 5.32 Å². The molecule has 4 rings (SSSR count). The maximum absolute atomic E-state index is 13.0. The van der Waals surface area contributed by atoms with Gasteiger partial charge in [-0.05, 0) is 47.7 Å². The normalized spacial score (nSPS) is 14.0. The molecule has 2 aromatic carbocycles. The second-order valence-corrected chi connectivity index (χ2v) is 8.61. The van der Waals surface area contributed by atoms with Gasteiger partial charge in [-0.3, -0.25) is 14.4 Å². The van der Waals surface area contributed by atoms with E-state index >= 15 is 0 Å². The number of nitrogens with one attached hydrogen (secondary N) is 1. The van der Waals surface area contributed by atoms with Crippen molar-refractivity contribution in [1.82, 2.24) is 15.1 Å². The van der Waals surface area contributed by atoms with Gasteiger partial charge in [0.15, 0.2) is 0 Å². The third kappa shape index (κ3) is 5.23. The highest BCUT2D eigenvalue weighted by Crippen LogP contribution is 2.14. The Morgan fingerprint density at radius 1 is 0.750 bits per heavy atom. The summed E-state index contributed by atoms with van der Waals surface area (Å²) in [5, 5.41) is 4.76. The molecule has 164 valence electrons. The molecule has 0 radical (unpaired) electrons. The van der Waals surface area contributed by atoms with Gasteiger partial charge in [0.2, 0.25) is 0 Å². The number of benzene rings is 2. The zero-order chi connectivity index (χ0) is 22.3. The van der Waals surface area contributed by atoms with E-state index in [1.165, 1.54) is 11.3 Å². The third-order valence-corrected chi connectivity index (χ3v) is 6.36. The van der Waals surface area contributed by atoms with Crippen LogP contribution in [0.5, 0.6) is 0 Å². The first-order valence-corrected chi connectivity index (χ1v) is 11.5. The highest BCUT2D eigenvalue weighted by atomic mass is 32.1. The Morgan fingerprint density at radius 2 is 1.38 bits per heavy atom. The number of hydrogen-bond acceptors (Lipinski definition) is 4. The number of thiophene rings is 1. The standard InChI is InChI=1S/C25H25N3O3S/c29-23(22-8-4-17-32-22)26-18-19-9-11-21(12-10-19)25(31)28-14-5-13-27(15-16-28)24(30)20-6-2-1-3-7-20/h1-4,6-12,17H,5,13-16,18H2,(H,26,29). The SMILES string of the molecule is O=C(NCc1ccc(C(=O)N2CCCN(C(=O)c3ccccc3)CC2)cc1)c1cccs1. The Hall–Kier alpha value is -3.45. The molecule has 2 heterocycles. The minimum Gasteiger partial charge on any atom is -0.347 e. The van der Waals surface area contributed by atoms with Gasteiger partial charge in [0.05, 0.1) is 4.88 Å². The molecule has 3 amide bonds. The Balaban J connectivity index is 1.32. The van der Waals surface area contributed by atoms with Crippen LogP contribution in [0.3, 0.4) is 0 Å². The molecule has 1 aliphatic rings. The molecule has 0 atom stereocenters. The molecular formula is C25H25N3O3S. The van der Waals surface area contributed by atoms with Crippen molar-refractivity contribution in [3.05, 3.63) is 93.7 Å². The smallest absolute Gasteiger partial charge is 0.261 e. The maximum atomic E-state index is 13.0. The predicted octanol–water partition coefficient (Wildman–Crippen LogP) is 3.67. The Kier molecular flexibility index (Phi) is 6.97. The van der Waals surface area contributed by atoms with Gasteiger partial charge >= 0.3 is 0 Å². The lowest BCUT2D eigenvalue weighted by Gasteiger charge is -2.22. The van der Waals surface area contributed by atoms with E-state index in [0.29, 0.717) is 48.7 Å². The molecule has 1 N–H and O–H groups in total. The van der Waals surface area contributed by atoms with Gasteiger partial charge in [-0.1, -0.05) is 36.4 Å². The topological polar surface area (TPSA) is 69.7 Å². The average Bonchev–Trinajstić information content (AvgIpc) is 3.27. The van der Waals surface area contributed by atoms with E-state index in [1.54, 1.807) is 18.2 Å². The Labute approximate surface area is 191 Å². The summed E-state index contributed by atoms with van der Waals surface area (Å²) in [7, 11) is 0. The van der Waals surface area contributed by atoms with E-state index in [1.807, 2.05) is 63.7 Å². The average molecular weight is 448 g/mol. The fourth-order valence-electron chi connectivity index (χ4n) is 3.71. The van der Waals surface area contributed by atoms with E-state index in [4.69, 9.17) is 0 Å². The third-order valence-electron chi connectivity index (χ3n) is 5.49. The van der Waals surface area contributed by atoms with Crippen LogP contribution >= 0.6 is 11.3 Å². The van der Waals surface area contributed by atoms with Gasteiger partial charge in [0, 0.05) is 43.9 Å². The van der Waals surface area contributed by atoms with E-state index in [0.717, 1.165) is 12.0 Å². The van der Waals surface area contributed by atoms with Gasteiger partial charge < -0.3 is 15.1 Å². The van der Waals surface area contributed by atoms with Gasteiger partial charge in [-0.2, -0.15) is 0 Å². The van der Waals surface area contributed by atoms with Crippen molar-refractivity contribution in [1.29, 1.82) is 0 Å². The van der Waals surface area contributed by atoms with Crippen molar-refractivity contribution in [3.8, 4) is 0 Å². The number of hydrogen-bond donors (Lipinski definition) is 1. The quantitative estimate of drug-likeness (QED) is 0.649. The molecule has 0 saturated carbocycles. The molecule has 3 aromatic rings. The van der Waals surface area contributed by atoms with E-state index in [2.05, 4.69) is 5.32 Å². The van der Waals surface area contributed by atoms with Crippen molar-refractivity contribution < 1.29 is 14.4 Å². The summed E-state index contributed by atoms with van der Waals surface area (Å²) in [5.41, 5.74) is 2.22. The van der Waals surface area contributed by atoms with Gasteiger partial charge in [0.25, 0.3) is 17.7 Å². The highest BCUT2D eigenvalue weighted by Gasteiger charge is 2.23. The number of nitrogens with zero attached hydrogens (tertiary/aromatic N) is 2. The summed E-state index contributed by atoms with van der Waals surface area (Å²) < 4.78 is 0. The molecule has 0 spiro atoms. The fraction of sp³-hybridized carbons (Fsp3) is 0.240. The van der Waals surface area contributed by atoms with Gasteiger partial charge in [0.1, 0.15) is 0 Å². The minimum absolute atomic E-state index is 0.00819. The lowest BCUT2D eigenvalue weighted by atomic mass is 10.1. The van der Waals surface area contributed by atoms with Crippen LogP contribution in [0.15, 0.2) is 72.1 Å². The Morgan fingerprint density at radius 3 is 1.97 bits per heavy atom. The highest BCUT2D eigenvalue weighted by molar-refractivity contribution is 7.12. The number of rotatable bonds is 5. The summed E-state index contributed by atoms with van der Waals surface area (Å²) in [6, 6.07) is 20.2. The number of carbonyl (C=O) groups is 3. The van der Waals surface area contributed by atoms with Crippen LogP contribution in [0.4, 0.5) is 0 Å². The lowest BCUT2D eigenvalue weighted by molar-refractivity contribution is 0.0718. The molecular weight excluding hydrogens is 422 g/mol. The molecule has 1 fully saturated rings. The zero-order valence-corrected chi connectivity index (χ0v) is 18.5. The minimum atomic E-state index is -0.0978. The molecule has 1 aromatic heterocycles. The second-order valence-electron chi connectivity index (χ2n) is 7.66. The first-order chi connectivity index (χ1) is 15.6. The van der Waals surface area contributed by atoms with Gasteiger partial charge in [-0.25, -0.2) is 0 Å². The van der Waals surface area contributed by atoms with E-state index in [-0.39, 0.29) is 17.7 Å². The van der Waals surface area contributed by atoms with Crippen LogP contribution in [0.1, 0.15) is 42.4 Å². The van der Waals surface area contributed by atoms with Crippen molar-refractivity contribution in [3.63, 3.8) is 0 Å². The van der Waals surface area contributed by atoms with Gasteiger partial charge in [-0.15, -0.1) is 11.3 Å². The summed E-state index contributed by atoms with van der Waals surface area (Å²) in [6.07, 6.45) is 0.747. The monoisotopic (exact) mass is 447 g/mol. The second kappa shape index (κ2) is 10.2. The molecule has 7 heteroatoms. The van der Waals surface area contributed by atoms with Crippen molar-refractivity contribution in [2.45, 2.75) is 13.0 Å². The molecule has 0 bridgehead atoms. The van der Waals surface area contributed by atoms with Crippen LogP contribution in [0.25, 0.3) is 0 Å².